The maximum absolute atomic E-state index is 13.2. The van der Waals surface area contributed by atoms with Gasteiger partial charge in [0.15, 0.2) is 11.5 Å². The molecule has 1 saturated carbocycles. The molecule has 4 aromatic heterocycles. The largest absolute Gasteiger partial charge is 0.338 e. The molecular formula is C23H26N8O. The Morgan fingerprint density at radius 3 is 2.84 bits per heavy atom. The van der Waals surface area contributed by atoms with Gasteiger partial charge in [0.2, 0.25) is 0 Å². The lowest BCUT2D eigenvalue weighted by Crippen LogP contribution is -2.42. The van der Waals surface area contributed by atoms with Gasteiger partial charge in [-0.3, -0.25) is 4.79 Å². The van der Waals surface area contributed by atoms with Crippen LogP contribution in [-0.4, -0.2) is 59.0 Å². The number of rotatable bonds is 3. The van der Waals surface area contributed by atoms with Crippen LogP contribution >= 0.6 is 0 Å². The molecule has 2 bridgehead atoms. The minimum atomic E-state index is 0.0216. The summed E-state index contributed by atoms with van der Waals surface area (Å²) in [7, 11) is 1.95. The maximum Gasteiger partial charge on any atom is 0.255 e. The Morgan fingerprint density at radius 2 is 2.03 bits per heavy atom. The summed E-state index contributed by atoms with van der Waals surface area (Å²) in [5, 5.41) is 0.971. The van der Waals surface area contributed by atoms with Crippen LogP contribution in [0.5, 0.6) is 0 Å². The van der Waals surface area contributed by atoms with E-state index in [2.05, 4.69) is 32.5 Å². The zero-order valence-electron chi connectivity index (χ0n) is 18.3. The van der Waals surface area contributed by atoms with Crippen molar-refractivity contribution in [2.75, 3.05) is 13.1 Å². The lowest BCUT2D eigenvalue weighted by atomic mass is 9.97. The van der Waals surface area contributed by atoms with Crippen LogP contribution in [0.3, 0.4) is 0 Å². The monoisotopic (exact) mass is 430 g/mol. The molecule has 1 aliphatic heterocycles. The van der Waals surface area contributed by atoms with E-state index < -0.39 is 0 Å². The van der Waals surface area contributed by atoms with E-state index in [1.807, 2.05) is 28.8 Å². The molecule has 2 N–H and O–H groups in total. The molecular weight excluding hydrogens is 404 g/mol. The molecule has 4 aromatic rings. The normalized spacial score (nSPS) is 22.8. The summed E-state index contributed by atoms with van der Waals surface area (Å²) in [6, 6.07) is 4.13. The molecule has 1 unspecified atom stereocenters. The first kappa shape index (κ1) is 19.4. The lowest BCUT2D eigenvalue weighted by molar-refractivity contribution is 0.0659. The second kappa shape index (κ2) is 7.09. The second-order valence-electron chi connectivity index (χ2n) is 9.11. The first-order valence-electron chi connectivity index (χ1n) is 11.2. The Kier molecular flexibility index (Phi) is 4.29. The number of hydrogen-bond donors (Lipinski definition) is 1. The maximum atomic E-state index is 13.2. The zero-order valence-corrected chi connectivity index (χ0v) is 18.3. The van der Waals surface area contributed by atoms with Crippen LogP contribution in [0.25, 0.3) is 33.7 Å². The van der Waals surface area contributed by atoms with Crippen molar-refractivity contribution in [2.24, 2.45) is 24.6 Å². The van der Waals surface area contributed by atoms with Gasteiger partial charge >= 0.3 is 0 Å². The third-order valence-electron chi connectivity index (χ3n) is 7.13. The van der Waals surface area contributed by atoms with E-state index >= 15 is 0 Å². The average molecular weight is 431 g/mol. The molecule has 0 radical (unpaired) electrons. The van der Waals surface area contributed by atoms with Crippen LogP contribution in [-0.2, 0) is 13.6 Å². The van der Waals surface area contributed by atoms with Gasteiger partial charge in [-0.15, -0.1) is 0 Å². The number of aryl methyl sites for hydroxylation is 2. The molecule has 1 saturated heterocycles. The van der Waals surface area contributed by atoms with Crippen LogP contribution in [0, 0.1) is 11.8 Å². The average Bonchev–Trinajstić information content (AvgIpc) is 3.43. The van der Waals surface area contributed by atoms with Gasteiger partial charge in [-0.05, 0) is 43.7 Å². The quantitative estimate of drug-likeness (QED) is 0.534. The highest BCUT2D eigenvalue weighted by Gasteiger charge is 2.40. The van der Waals surface area contributed by atoms with Gasteiger partial charge in [-0.1, -0.05) is 0 Å². The number of imidazole rings is 1. The van der Waals surface area contributed by atoms with E-state index in [0.717, 1.165) is 60.7 Å². The number of aromatic nitrogens is 6. The summed E-state index contributed by atoms with van der Waals surface area (Å²) >= 11 is 0. The number of piperidine rings is 1. The molecule has 1 aliphatic carbocycles. The summed E-state index contributed by atoms with van der Waals surface area (Å²) in [4.78, 5) is 33.2. The van der Waals surface area contributed by atoms with Gasteiger partial charge < -0.3 is 19.8 Å². The van der Waals surface area contributed by atoms with Crippen molar-refractivity contribution >= 4 is 28.1 Å². The SMILES string of the molecule is CCn1c(-c2nc3cc(C(=O)N4CC5C[C@H](C4)[C@@H](N)C5)cnc3n2C)cc2cncnc21. The van der Waals surface area contributed by atoms with E-state index in [0.29, 0.717) is 22.9 Å². The molecule has 164 valence electrons. The van der Waals surface area contributed by atoms with Crippen molar-refractivity contribution in [3.8, 4) is 11.5 Å². The van der Waals surface area contributed by atoms with Crippen LogP contribution in [0.4, 0.5) is 0 Å². The minimum absolute atomic E-state index is 0.0216. The van der Waals surface area contributed by atoms with Crippen molar-refractivity contribution < 1.29 is 4.79 Å². The van der Waals surface area contributed by atoms with Crippen molar-refractivity contribution in [3.05, 3.63) is 36.4 Å². The van der Waals surface area contributed by atoms with E-state index in [4.69, 9.17) is 10.7 Å². The predicted octanol–water partition coefficient (Wildman–Crippen LogP) is 2.21. The zero-order chi connectivity index (χ0) is 22.0. The predicted molar refractivity (Wildman–Crippen MR) is 121 cm³/mol. The molecule has 3 atom stereocenters. The van der Waals surface area contributed by atoms with Crippen molar-refractivity contribution in [1.29, 1.82) is 0 Å². The number of hydrogen-bond acceptors (Lipinski definition) is 6. The van der Waals surface area contributed by atoms with Crippen LogP contribution in [0.1, 0.15) is 30.1 Å². The van der Waals surface area contributed by atoms with Gasteiger partial charge in [-0.25, -0.2) is 19.9 Å². The number of carbonyl (C=O) groups is 1. The Hall–Kier alpha value is -3.33. The molecule has 9 heteroatoms. The van der Waals surface area contributed by atoms with Crippen LogP contribution < -0.4 is 5.73 Å². The topological polar surface area (TPSA) is 108 Å². The van der Waals surface area contributed by atoms with E-state index in [9.17, 15) is 4.79 Å². The first-order valence-corrected chi connectivity index (χ1v) is 11.2. The Balaban J connectivity index is 1.38. The first-order chi connectivity index (χ1) is 15.5. The number of nitrogens with two attached hydrogens (primary N) is 1. The molecule has 6 rings (SSSR count). The highest BCUT2D eigenvalue weighted by molar-refractivity contribution is 5.97. The van der Waals surface area contributed by atoms with Gasteiger partial charge in [0.1, 0.15) is 17.5 Å². The number of nitrogens with zero attached hydrogens (tertiary/aromatic N) is 7. The summed E-state index contributed by atoms with van der Waals surface area (Å²) in [6.07, 6.45) is 7.21. The molecule has 9 nitrogen and oxygen atoms in total. The minimum Gasteiger partial charge on any atom is -0.338 e. The third-order valence-corrected chi connectivity index (χ3v) is 7.13. The molecule has 32 heavy (non-hydrogen) atoms. The molecule has 2 aliphatic rings. The van der Waals surface area contributed by atoms with Gasteiger partial charge in [0.25, 0.3) is 5.91 Å². The van der Waals surface area contributed by atoms with Gasteiger partial charge in [0.05, 0.1) is 11.3 Å². The molecule has 1 amide bonds. The number of carbonyl (C=O) groups excluding carboxylic acids is 1. The number of fused-ring (bicyclic) bond motifs is 4. The standard InChI is InChI=1S/C23H26N8O/c1-3-31-19(7-14-8-25-12-27-20(14)31)22-28-18-6-15(9-26-21(18)29(22)2)23(32)30-10-13-4-16(11-30)17(24)5-13/h6-9,12-13,16-17H,3-5,10-11,24H2,1-2H3/t13?,16-,17+/m1/s1. The molecule has 5 heterocycles. The van der Waals surface area contributed by atoms with Gasteiger partial charge in [0, 0.05) is 50.5 Å². The van der Waals surface area contributed by atoms with Crippen LogP contribution in [0.15, 0.2) is 30.9 Å². The van der Waals surface area contributed by atoms with Crippen molar-refractivity contribution in [1.82, 2.24) is 34.0 Å². The summed E-state index contributed by atoms with van der Waals surface area (Å²) in [6.45, 7) is 4.36. The fourth-order valence-electron chi connectivity index (χ4n) is 5.58. The highest BCUT2D eigenvalue weighted by Crippen LogP contribution is 2.36. The highest BCUT2D eigenvalue weighted by atomic mass is 16.2. The molecule has 2 fully saturated rings. The van der Waals surface area contributed by atoms with E-state index in [-0.39, 0.29) is 11.9 Å². The Bertz CT molecular complexity index is 1350. The van der Waals surface area contributed by atoms with Crippen molar-refractivity contribution in [2.45, 2.75) is 32.4 Å². The summed E-state index contributed by atoms with van der Waals surface area (Å²) < 4.78 is 4.09. The number of pyridine rings is 1. The van der Waals surface area contributed by atoms with Crippen LogP contribution in [0.2, 0.25) is 0 Å². The second-order valence-corrected chi connectivity index (χ2v) is 9.11. The Labute approximate surface area is 185 Å². The smallest absolute Gasteiger partial charge is 0.255 e. The summed E-state index contributed by atoms with van der Waals surface area (Å²) in [5.74, 6) is 1.74. The lowest BCUT2D eigenvalue weighted by Gasteiger charge is -2.32. The van der Waals surface area contributed by atoms with E-state index in [1.54, 1.807) is 12.5 Å². The third kappa shape index (κ3) is 2.84. The van der Waals surface area contributed by atoms with Gasteiger partial charge in [-0.2, -0.15) is 0 Å². The summed E-state index contributed by atoms with van der Waals surface area (Å²) in [5.41, 5.74) is 10.1. The number of amides is 1. The molecule has 0 aromatic carbocycles. The van der Waals surface area contributed by atoms with Crippen molar-refractivity contribution in [3.63, 3.8) is 0 Å². The molecule has 0 spiro atoms. The fourth-order valence-corrected chi connectivity index (χ4v) is 5.58. The number of likely N-dealkylation sites (tertiary alicyclic amines) is 1. The fraction of sp³-hybridized carbons (Fsp3) is 0.435. The Morgan fingerprint density at radius 1 is 1.16 bits per heavy atom. The van der Waals surface area contributed by atoms with E-state index in [1.165, 1.54) is 0 Å².